The fourth-order valence-electron chi connectivity index (χ4n) is 7.75. The summed E-state index contributed by atoms with van der Waals surface area (Å²) in [6.07, 6.45) is -6.59. The van der Waals surface area contributed by atoms with Gasteiger partial charge in [-0.1, -0.05) is 12.1 Å². The van der Waals surface area contributed by atoms with E-state index in [1.165, 1.54) is 31.2 Å². The van der Waals surface area contributed by atoms with Crippen molar-refractivity contribution in [1.82, 2.24) is 4.90 Å². The minimum absolute atomic E-state index is 0.0221. The van der Waals surface area contributed by atoms with Crippen LogP contribution >= 0.6 is 0 Å². The molecular weight excluding hydrogens is 642 g/mol. The number of ether oxygens (including phenoxy) is 5. The Kier molecular flexibility index (Phi) is 9.39. The second-order valence-corrected chi connectivity index (χ2v) is 13.9. The lowest BCUT2D eigenvalue weighted by molar-refractivity contribution is -0.310. The normalized spacial score (nSPS) is 35.8. The zero-order chi connectivity index (χ0) is 35.7. The number of aliphatic hydroxyl groups excluding tert-OH is 2. The van der Waals surface area contributed by atoms with Crippen molar-refractivity contribution in [3.8, 4) is 11.5 Å². The smallest absolute Gasteiger partial charge is 0.316 e. The SMILES string of the molecule is COC(=O)[C@@H]1c2cc3c(c(O)c2[C@@H](O[C@@H]2C[C@H](N(C)C)[C@@H](O[C@H]4C[C@H](O)[C@H](O)[C@H](C)O4)[C@H](C)O2)C[C@@]1(C)O)C(=O)c1c(O)cccc1C3=O. The Bertz CT molecular complexity index is 1640. The molecule has 0 radical (unpaired) electrons. The molecule has 5 N–H and O–H groups in total. The van der Waals surface area contributed by atoms with Crippen LogP contribution in [0.3, 0.4) is 0 Å². The van der Waals surface area contributed by atoms with E-state index in [9.17, 15) is 39.9 Å². The number of rotatable bonds is 6. The van der Waals surface area contributed by atoms with Gasteiger partial charge in [0.1, 0.15) is 29.6 Å². The van der Waals surface area contributed by atoms with E-state index in [1.54, 1.807) is 13.8 Å². The predicted octanol–water partition coefficient (Wildman–Crippen LogP) is 1.65. The average molecular weight is 686 g/mol. The highest BCUT2D eigenvalue weighted by Crippen LogP contribution is 2.53. The fraction of sp³-hybridized carbons (Fsp3) is 0.571. The maximum Gasteiger partial charge on any atom is 0.316 e. The van der Waals surface area contributed by atoms with Crippen LogP contribution in [0.2, 0.25) is 0 Å². The number of ketones is 2. The van der Waals surface area contributed by atoms with Gasteiger partial charge in [0, 0.05) is 42.0 Å². The Hall–Kier alpha value is -3.47. The standard InChI is InChI=1S/C35H43NO13/c1-14-29(39)21(38)12-24(46-14)49-33-15(2)47-23(11-19(33)36(4)5)48-22-13-35(3,44)28(34(43)45-6)17-10-18-27(32(42)26(17)22)31(41)25-16(30(18)40)8-7-9-20(25)37/h7-10,14-15,19,21-24,28-29,33,37-39,42,44H,11-13H2,1-6H3/t14-,15-,19-,21-,22-,23+,24-,28-,29+,33-,35+/m0/s1. The predicted molar refractivity (Wildman–Crippen MR) is 169 cm³/mol. The van der Waals surface area contributed by atoms with E-state index in [0.29, 0.717) is 0 Å². The Labute approximate surface area is 283 Å². The molecule has 2 aromatic carbocycles. The van der Waals surface area contributed by atoms with Crippen molar-refractivity contribution in [2.24, 2.45) is 0 Å². The maximum atomic E-state index is 13.8. The number of hydrogen-bond donors (Lipinski definition) is 5. The third kappa shape index (κ3) is 6.03. The lowest BCUT2D eigenvalue weighted by Gasteiger charge is -2.47. The summed E-state index contributed by atoms with van der Waals surface area (Å²) in [6, 6.07) is 5.09. The molecule has 0 saturated carbocycles. The number of nitrogens with zero attached hydrogens (tertiary/aromatic N) is 1. The number of carbonyl (C=O) groups is 3. The molecule has 14 heteroatoms. The molecule has 0 unspecified atom stereocenters. The lowest BCUT2D eigenvalue weighted by Crippen LogP contribution is -2.57. The first-order chi connectivity index (χ1) is 23.0. The van der Waals surface area contributed by atoms with Gasteiger partial charge < -0.3 is 54.1 Å². The van der Waals surface area contributed by atoms with Crippen LogP contribution in [-0.4, -0.2) is 124 Å². The molecule has 0 aromatic heterocycles. The van der Waals surface area contributed by atoms with E-state index in [1.807, 2.05) is 19.0 Å². The molecule has 11 atom stereocenters. The topological polar surface area (TPSA) is 202 Å². The largest absolute Gasteiger partial charge is 0.507 e. The van der Waals surface area contributed by atoms with Gasteiger partial charge >= 0.3 is 5.97 Å². The van der Waals surface area contributed by atoms with Crippen LogP contribution in [0.25, 0.3) is 0 Å². The van der Waals surface area contributed by atoms with E-state index in [0.717, 1.165) is 7.11 Å². The molecule has 6 rings (SSSR count). The summed E-state index contributed by atoms with van der Waals surface area (Å²) in [6.45, 7) is 4.86. The van der Waals surface area contributed by atoms with Crippen LogP contribution in [0.1, 0.15) is 95.0 Å². The first-order valence-corrected chi connectivity index (χ1v) is 16.3. The van der Waals surface area contributed by atoms with Gasteiger partial charge in [-0.05, 0) is 52.6 Å². The molecular formula is C35H43NO13. The number of aromatic hydroxyl groups is 2. The van der Waals surface area contributed by atoms with Gasteiger partial charge in [-0.15, -0.1) is 0 Å². The molecule has 266 valence electrons. The monoisotopic (exact) mass is 685 g/mol. The second-order valence-electron chi connectivity index (χ2n) is 13.9. The number of phenols is 2. The van der Waals surface area contributed by atoms with E-state index in [-0.39, 0.29) is 58.7 Å². The number of likely N-dealkylation sites (N-methyl/N-ethyl adjacent to an activating group) is 1. The first kappa shape index (κ1) is 35.4. The van der Waals surface area contributed by atoms with Crippen molar-refractivity contribution in [3.05, 3.63) is 57.6 Å². The summed E-state index contributed by atoms with van der Waals surface area (Å²) >= 11 is 0. The van der Waals surface area contributed by atoms with Crippen LogP contribution in [0, 0.1) is 0 Å². The molecule has 0 spiro atoms. The Morgan fingerprint density at radius 3 is 2.29 bits per heavy atom. The van der Waals surface area contributed by atoms with Crippen LogP contribution < -0.4 is 0 Å². The highest BCUT2D eigenvalue weighted by atomic mass is 16.7. The molecule has 2 aromatic rings. The maximum absolute atomic E-state index is 13.8. The summed E-state index contributed by atoms with van der Waals surface area (Å²) in [5, 5.41) is 54.4. The average Bonchev–Trinajstić information content (AvgIpc) is 3.02. The number of hydrogen-bond acceptors (Lipinski definition) is 14. The number of benzene rings is 2. The highest BCUT2D eigenvalue weighted by molar-refractivity contribution is 6.30. The van der Waals surface area contributed by atoms with Crippen molar-refractivity contribution < 1.29 is 63.6 Å². The summed E-state index contributed by atoms with van der Waals surface area (Å²) in [5.41, 5.74) is -2.53. The third-order valence-electron chi connectivity index (χ3n) is 10.3. The van der Waals surface area contributed by atoms with Crippen molar-refractivity contribution in [1.29, 1.82) is 0 Å². The molecule has 2 aliphatic carbocycles. The van der Waals surface area contributed by atoms with E-state index in [4.69, 9.17) is 23.7 Å². The summed E-state index contributed by atoms with van der Waals surface area (Å²) in [7, 11) is 4.87. The van der Waals surface area contributed by atoms with Gasteiger partial charge in [-0.25, -0.2) is 0 Å². The van der Waals surface area contributed by atoms with Gasteiger partial charge in [0.15, 0.2) is 18.4 Å². The second kappa shape index (κ2) is 13.0. The Morgan fingerprint density at radius 2 is 1.63 bits per heavy atom. The summed E-state index contributed by atoms with van der Waals surface area (Å²) in [5.74, 6) is -4.61. The van der Waals surface area contributed by atoms with Gasteiger partial charge in [-0.3, -0.25) is 14.4 Å². The van der Waals surface area contributed by atoms with Crippen LogP contribution in [0.15, 0.2) is 24.3 Å². The van der Waals surface area contributed by atoms with Gasteiger partial charge in [0.05, 0.1) is 48.3 Å². The summed E-state index contributed by atoms with van der Waals surface area (Å²) < 4.78 is 29.9. The minimum atomic E-state index is -1.78. The molecule has 0 amide bonds. The number of fused-ring (bicyclic) bond motifs is 3. The molecule has 0 bridgehead atoms. The van der Waals surface area contributed by atoms with Crippen molar-refractivity contribution in [2.45, 2.75) is 107 Å². The third-order valence-corrected chi connectivity index (χ3v) is 10.3. The number of methoxy groups -OCH3 is 1. The molecule has 2 saturated heterocycles. The van der Waals surface area contributed by atoms with Crippen molar-refractivity contribution >= 4 is 17.5 Å². The number of phenolic OH excluding ortho intramolecular Hbond substituents is 2. The van der Waals surface area contributed by atoms with Crippen molar-refractivity contribution in [2.75, 3.05) is 21.2 Å². The first-order valence-electron chi connectivity index (χ1n) is 16.3. The van der Waals surface area contributed by atoms with Gasteiger partial charge in [0.25, 0.3) is 0 Å². The fourth-order valence-corrected chi connectivity index (χ4v) is 7.75. The Morgan fingerprint density at radius 1 is 0.959 bits per heavy atom. The Balaban J connectivity index is 1.35. The van der Waals surface area contributed by atoms with E-state index < -0.39 is 89.8 Å². The number of carbonyl (C=O) groups excluding carboxylic acids is 3. The van der Waals surface area contributed by atoms with Gasteiger partial charge in [0.2, 0.25) is 5.78 Å². The lowest BCUT2D eigenvalue weighted by atomic mass is 9.68. The quantitative estimate of drug-likeness (QED) is 0.235. The zero-order valence-corrected chi connectivity index (χ0v) is 28.2. The van der Waals surface area contributed by atoms with Crippen LogP contribution in [-0.2, 0) is 28.5 Å². The molecule has 49 heavy (non-hydrogen) atoms. The highest BCUT2D eigenvalue weighted by Gasteiger charge is 2.52. The minimum Gasteiger partial charge on any atom is -0.507 e. The van der Waals surface area contributed by atoms with Crippen LogP contribution in [0.4, 0.5) is 0 Å². The zero-order valence-electron chi connectivity index (χ0n) is 28.2. The molecule has 2 heterocycles. The summed E-state index contributed by atoms with van der Waals surface area (Å²) in [4.78, 5) is 42.5. The molecule has 2 fully saturated rings. The van der Waals surface area contributed by atoms with E-state index >= 15 is 0 Å². The molecule has 2 aliphatic heterocycles. The molecule has 14 nitrogen and oxygen atoms in total. The van der Waals surface area contributed by atoms with Crippen molar-refractivity contribution in [3.63, 3.8) is 0 Å². The van der Waals surface area contributed by atoms with Crippen LogP contribution in [0.5, 0.6) is 11.5 Å². The number of aliphatic hydroxyl groups is 3. The molecule has 4 aliphatic rings. The number of esters is 1. The van der Waals surface area contributed by atoms with Gasteiger partial charge in [-0.2, -0.15) is 0 Å². The van der Waals surface area contributed by atoms with E-state index in [2.05, 4.69) is 0 Å².